The third kappa shape index (κ3) is 9.52. The van der Waals surface area contributed by atoms with Crippen LogP contribution in [0.25, 0.3) is 0 Å². The molecule has 0 heterocycles. The van der Waals surface area contributed by atoms with Crippen LogP contribution >= 0.6 is 24.0 Å². The molecular formula is C15H26IN3O2. The van der Waals surface area contributed by atoms with Crippen LogP contribution in [0.3, 0.4) is 0 Å². The Morgan fingerprint density at radius 2 is 2.14 bits per heavy atom. The number of nitrogens with zero attached hydrogens (tertiary/aromatic N) is 1. The molecule has 0 saturated carbocycles. The lowest BCUT2D eigenvalue weighted by atomic mass is 10.2. The van der Waals surface area contributed by atoms with Gasteiger partial charge in [-0.25, -0.2) is 4.99 Å². The highest BCUT2D eigenvalue weighted by Crippen LogP contribution is 2.14. The number of benzene rings is 1. The van der Waals surface area contributed by atoms with Crippen LogP contribution in [0.1, 0.15) is 19.4 Å². The van der Waals surface area contributed by atoms with Crippen LogP contribution in [0, 0.1) is 5.92 Å². The molecule has 1 aromatic carbocycles. The van der Waals surface area contributed by atoms with E-state index in [0.29, 0.717) is 38.2 Å². The van der Waals surface area contributed by atoms with Crippen LogP contribution in [0.5, 0.6) is 5.75 Å². The van der Waals surface area contributed by atoms with E-state index in [1.165, 1.54) is 0 Å². The third-order valence-corrected chi connectivity index (χ3v) is 2.53. The van der Waals surface area contributed by atoms with E-state index in [4.69, 9.17) is 15.2 Å². The normalized spacial score (nSPS) is 11.1. The molecule has 0 aromatic heterocycles. The number of ether oxygens (including phenoxy) is 2. The molecule has 0 unspecified atom stereocenters. The highest BCUT2D eigenvalue weighted by atomic mass is 127. The van der Waals surface area contributed by atoms with Crippen LogP contribution in [0.15, 0.2) is 29.3 Å². The molecule has 0 aliphatic carbocycles. The number of aliphatic imine (C=N–C) groups is 1. The van der Waals surface area contributed by atoms with Crippen LogP contribution < -0.4 is 15.8 Å². The van der Waals surface area contributed by atoms with Gasteiger partial charge in [0.05, 0.1) is 19.8 Å². The first-order valence-electron chi connectivity index (χ1n) is 6.86. The number of methoxy groups -OCH3 is 1. The van der Waals surface area contributed by atoms with Gasteiger partial charge in [-0.05, 0) is 23.6 Å². The monoisotopic (exact) mass is 407 g/mol. The van der Waals surface area contributed by atoms with Crippen molar-refractivity contribution in [3.63, 3.8) is 0 Å². The quantitative estimate of drug-likeness (QED) is 0.301. The molecule has 0 fully saturated rings. The fourth-order valence-corrected chi connectivity index (χ4v) is 1.51. The summed E-state index contributed by atoms with van der Waals surface area (Å²) in [6.07, 6.45) is 0. The van der Waals surface area contributed by atoms with Crippen molar-refractivity contribution in [3.05, 3.63) is 29.8 Å². The number of hydrogen-bond donors (Lipinski definition) is 2. The van der Waals surface area contributed by atoms with E-state index < -0.39 is 0 Å². The van der Waals surface area contributed by atoms with Gasteiger partial charge in [0.2, 0.25) is 0 Å². The van der Waals surface area contributed by atoms with E-state index >= 15 is 0 Å². The van der Waals surface area contributed by atoms with Crippen molar-refractivity contribution in [2.24, 2.45) is 16.6 Å². The maximum atomic E-state index is 5.75. The summed E-state index contributed by atoms with van der Waals surface area (Å²) in [5.74, 6) is 1.81. The van der Waals surface area contributed by atoms with Gasteiger partial charge >= 0.3 is 0 Å². The molecule has 0 bridgehead atoms. The van der Waals surface area contributed by atoms with Gasteiger partial charge in [0, 0.05) is 13.7 Å². The second-order valence-electron chi connectivity index (χ2n) is 4.97. The van der Waals surface area contributed by atoms with E-state index in [1.54, 1.807) is 7.11 Å². The first kappa shape index (κ1) is 20.0. The van der Waals surface area contributed by atoms with Gasteiger partial charge < -0.3 is 20.5 Å². The molecule has 0 atom stereocenters. The summed E-state index contributed by atoms with van der Waals surface area (Å²) in [6, 6.07) is 7.92. The van der Waals surface area contributed by atoms with Crippen molar-refractivity contribution in [1.82, 2.24) is 5.32 Å². The van der Waals surface area contributed by atoms with Crippen molar-refractivity contribution in [1.29, 1.82) is 0 Å². The maximum Gasteiger partial charge on any atom is 0.188 e. The zero-order chi connectivity index (χ0) is 14.8. The zero-order valence-corrected chi connectivity index (χ0v) is 15.3. The van der Waals surface area contributed by atoms with Crippen molar-refractivity contribution in [2.45, 2.75) is 20.4 Å². The number of halogens is 1. The molecule has 0 radical (unpaired) electrons. The lowest BCUT2D eigenvalue weighted by Gasteiger charge is -2.09. The fraction of sp³-hybridized carbons (Fsp3) is 0.533. The molecule has 120 valence electrons. The maximum absolute atomic E-state index is 5.75. The summed E-state index contributed by atoms with van der Waals surface area (Å²) in [4.78, 5) is 4.27. The third-order valence-electron chi connectivity index (χ3n) is 2.53. The van der Waals surface area contributed by atoms with Crippen molar-refractivity contribution >= 4 is 29.9 Å². The van der Waals surface area contributed by atoms with Crippen LogP contribution in [0.4, 0.5) is 0 Å². The van der Waals surface area contributed by atoms with E-state index in [-0.39, 0.29) is 24.0 Å². The Balaban J connectivity index is 0.00000400. The SMILES string of the molecule is COCCNC(N)=NCc1cccc(OCC(C)C)c1.I. The van der Waals surface area contributed by atoms with Gasteiger partial charge in [0.15, 0.2) is 5.96 Å². The number of rotatable bonds is 8. The molecule has 1 rings (SSSR count). The predicted molar refractivity (Wildman–Crippen MR) is 97.4 cm³/mol. The Morgan fingerprint density at radius 1 is 1.38 bits per heavy atom. The minimum absolute atomic E-state index is 0. The van der Waals surface area contributed by atoms with Gasteiger partial charge in [0.25, 0.3) is 0 Å². The highest BCUT2D eigenvalue weighted by molar-refractivity contribution is 14.0. The fourth-order valence-electron chi connectivity index (χ4n) is 1.51. The molecule has 0 amide bonds. The summed E-state index contributed by atoms with van der Waals surface area (Å²) in [5.41, 5.74) is 6.82. The van der Waals surface area contributed by atoms with Crippen LogP contribution in [-0.4, -0.2) is 32.8 Å². The molecule has 0 saturated heterocycles. The standard InChI is InChI=1S/C15H25N3O2.HI/c1-12(2)11-20-14-6-4-5-13(9-14)10-18-15(16)17-7-8-19-3;/h4-6,9,12H,7-8,10-11H2,1-3H3,(H3,16,17,18);1H. The Labute approximate surface area is 144 Å². The van der Waals surface area contributed by atoms with Gasteiger partial charge in [0.1, 0.15) is 5.75 Å². The minimum atomic E-state index is 0. The van der Waals surface area contributed by atoms with Crippen LogP contribution in [0.2, 0.25) is 0 Å². The Kier molecular flexibility index (Phi) is 11.1. The summed E-state index contributed by atoms with van der Waals surface area (Å²) >= 11 is 0. The molecule has 21 heavy (non-hydrogen) atoms. The number of guanidine groups is 1. The lowest BCUT2D eigenvalue weighted by Crippen LogP contribution is -2.34. The minimum Gasteiger partial charge on any atom is -0.493 e. The van der Waals surface area contributed by atoms with Gasteiger partial charge in [-0.1, -0.05) is 26.0 Å². The van der Waals surface area contributed by atoms with Crippen molar-refractivity contribution < 1.29 is 9.47 Å². The average molecular weight is 407 g/mol. The number of nitrogens with two attached hydrogens (primary N) is 1. The number of nitrogens with one attached hydrogen (secondary N) is 1. The first-order chi connectivity index (χ1) is 9.61. The summed E-state index contributed by atoms with van der Waals surface area (Å²) in [5, 5.41) is 2.98. The molecule has 5 nitrogen and oxygen atoms in total. The van der Waals surface area contributed by atoms with Gasteiger partial charge in [-0.2, -0.15) is 0 Å². The summed E-state index contributed by atoms with van der Waals surface area (Å²) < 4.78 is 10.6. The second-order valence-corrected chi connectivity index (χ2v) is 4.97. The molecule has 0 aliphatic heterocycles. The Hall–Kier alpha value is -1.02. The zero-order valence-electron chi connectivity index (χ0n) is 13.0. The van der Waals surface area contributed by atoms with Crippen molar-refractivity contribution in [2.75, 3.05) is 26.9 Å². The van der Waals surface area contributed by atoms with E-state index in [1.807, 2.05) is 24.3 Å². The molecule has 1 aromatic rings. The lowest BCUT2D eigenvalue weighted by molar-refractivity contribution is 0.204. The van der Waals surface area contributed by atoms with Crippen LogP contribution in [-0.2, 0) is 11.3 Å². The largest absolute Gasteiger partial charge is 0.493 e. The predicted octanol–water partition coefficient (Wildman–Crippen LogP) is 2.39. The molecular weight excluding hydrogens is 381 g/mol. The Bertz CT molecular complexity index is 425. The van der Waals surface area contributed by atoms with E-state index in [9.17, 15) is 0 Å². The smallest absolute Gasteiger partial charge is 0.188 e. The topological polar surface area (TPSA) is 68.9 Å². The highest BCUT2D eigenvalue weighted by Gasteiger charge is 1.99. The summed E-state index contributed by atoms with van der Waals surface area (Å²) in [6.45, 7) is 6.76. The second kappa shape index (κ2) is 11.6. The molecule has 3 N–H and O–H groups in total. The van der Waals surface area contributed by atoms with E-state index in [0.717, 1.165) is 11.3 Å². The average Bonchev–Trinajstić information content (AvgIpc) is 2.44. The van der Waals surface area contributed by atoms with Gasteiger partial charge in [-0.15, -0.1) is 24.0 Å². The molecule has 6 heteroatoms. The molecule has 0 aliphatic rings. The van der Waals surface area contributed by atoms with Gasteiger partial charge in [-0.3, -0.25) is 0 Å². The molecule has 0 spiro atoms. The van der Waals surface area contributed by atoms with Crippen molar-refractivity contribution in [3.8, 4) is 5.75 Å². The van der Waals surface area contributed by atoms with E-state index in [2.05, 4.69) is 24.2 Å². The first-order valence-corrected chi connectivity index (χ1v) is 6.86. The number of hydrogen-bond acceptors (Lipinski definition) is 3. The Morgan fingerprint density at radius 3 is 2.81 bits per heavy atom. The summed E-state index contributed by atoms with van der Waals surface area (Å²) in [7, 11) is 1.65.